The van der Waals surface area contributed by atoms with Crippen molar-refractivity contribution < 1.29 is 16.8 Å². The van der Waals surface area contributed by atoms with Crippen LogP contribution in [0.4, 0.5) is 5.69 Å². The Labute approximate surface area is 122 Å². The summed E-state index contributed by atoms with van der Waals surface area (Å²) in [5, 5.41) is 4.92. The zero-order valence-corrected chi connectivity index (χ0v) is 12.9. The van der Waals surface area contributed by atoms with Crippen LogP contribution in [0.3, 0.4) is 0 Å². The molecule has 0 saturated heterocycles. The molecule has 0 spiro atoms. The van der Waals surface area contributed by atoms with Gasteiger partial charge in [0.1, 0.15) is 0 Å². The van der Waals surface area contributed by atoms with Crippen molar-refractivity contribution in [1.82, 2.24) is 9.55 Å². The van der Waals surface area contributed by atoms with Gasteiger partial charge < -0.3 is 4.57 Å². The molecule has 0 atom stereocenters. The fourth-order valence-electron chi connectivity index (χ4n) is 1.71. The van der Waals surface area contributed by atoms with E-state index in [0.29, 0.717) is 5.56 Å². The van der Waals surface area contributed by atoms with Crippen LogP contribution >= 0.6 is 0 Å². The van der Waals surface area contributed by atoms with Gasteiger partial charge in [-0.3, -0.25) is 4.72 Å². The zero-order valence-electron chi connectivity index (χ0n) is 11.3. The molecule has 8 nitrogen and oxygen atoms in total. The van der Waals surface area contributed by atoms with Crippen molar-refractivity contribution in [2.75, 3.05) is 4.72 Å². The Morgan fingerprint density at radius 3 is 2.43 bits per heavy atom. The number of aryl methyl sites for hydroxylation is 2. The molecular formula is C11H14N4O4S2. The van der Waals surface area contributed by atoms with E-state index >= 15 is 0 Å². The average molecular weight is 330 g/mol. The molecular weight excluding hydrogens is 316 g/mol. The van der Waals surface area contributed by atoms with Crippen molar-refractivity contribution in [2.45, 2.75) is 16.8 Å². The van der Waals surface area contributed by atoms with Crippen LogP contribution in [0.5, 0.6) is 0 Å². The largest absolute Gasteiger partial charge is 0.339 e. The van der Waals surface area contributed by atoms with Crippen molar-refractivity contribution in [3.63, 3.8) is 0 Å². The second-order valence-electron chi connectivity index (χ2n) is 4.51. The molecule has 1 aromatic carbocycles. The number of nitrogens with one attached hydrogen (secondary N) is 1. The smallest absolute Gasteiger partial charge is 0.280 e. The van der Waals surface area contributed by atoms with Crippen LogP contribution in [0.15, 0.2) is 40.6 Å². The van der Waals surface area contributed by atoms with E-state index in [1.165, 1.54) is 35.3 Å². The predicted octanol–water partition coefficient (Wildman–Crippen LogP) is 0.177. The molecule has 0 radical (unpaired) electrons. The van der Waals surface area contributed by atoms with Crippen LogP contribution in [-0.4, -0.2) is 26.4 Å². The van der Waals surface area contributed by atoms with Crippen LogP contribution < -0.4 is 9.86 Å². The summed E-state index contributed by atoms with van der Waals surface area (Å²) in [5.74, 6) is 0. The summed E-state index contributed by atoms with van der Waals surface area (Å²) in [4.78, 5) is 3.61. The number of nitrogens with zero attached hydrogens (tertiary/aromatic N) is 2. The van der Waals surface area contributed by atoms with E-state index < -0.39 is 20.0 Å². The van der Waals surface area contributed by atoms with Gasteiger partial charge in [0.05, 0.1) is 16.9 Å². The predicted molar refractivity (Wildman–Crippen MR) is 76.6 cm³/mol. The SMILES string of the molecule is Cc1ccc(NS(=O)(=O)c2cn(C)cn2)cc1S(N)(=O)=O. The normalized spacial score (nSPS) is 12.3. The van der Waals surface area contributed by atoms with Gasteiger partial charge in [-0.05, 0) is 24.6 Å². The maximum absolute atomic E-state index is 12.1. The van der Waals surface area contributed by atoms with Gasteiger partial charge in [-0.1, -0.05) is 6.07 Å². The summed E-state index contributed by atoms with van der Waals surface area (Å²) in [6, 6.07) is 4.09. The molecule has 10 heteroatoms. The molecule has 1 heterocycles. The molecule has 3 N–H and O–H groups in total. The van der Waals surface area contributed by atoms with E-state index in [-0.39, 0.29) is 15.6 Å². The van der Waals surface area contributed by atoms with Crippen LogP contribution in [0, 0.1) is 6.92 Å². The second kappa shape index (κ2) is 5.13. The fraction of sp³-hybridized carbons (Fsp3) is 0.182. The van der Waals surface area contributed by atoms with E-state index in [0.717, 1.165) is 0 Å². The Kier molecular flexibility index (Phi) is 3.78. The van der Waals surface area contributed by atoms with Crippen LogP contribution in [0.1, 0.15) is 5.56 Å². The lowest BCUT2D eigenvalue weighted by atomic mass is 10.2. The molecule has 114 valence electrons. The topological polar surface area (TPSA) is 124 Å². The minimum atomic E-state index is -3.93. The Morgan fingerprint density at radius 1 is 1.24 bits per heavy atom. The minimum Gasteiger partial charge on any atom is -0.339 e. The lowest BCUT2D eigenvalue weighted by Crippen LogP contribution is -2.16. The maximum Gasteiger partial charge on any atom is 0.280 e. The van der Waals surface area contributed by atoms with Gasteiger partial charge >= 0.3 is 0 Å². The molecule has 0 aliphatic carbocycles. The second-order valence-corrected chi connectivity index (χ2v) is 7.67. The summed E-state index contributed by atoms with van der Waals surface area (Å²) in [6.07, 6.45) is 2.68. The number of imidazole rings is 1. The lowest BCUT2D eigenvalue weighted by Gasteiger charge is -2.09. The standard InChI is InChI=1S/C11H14N4O4S2/c1-8-3-4-9(5-10(8)20(12,16)17)14-21(18,19)11-6-15(2)7-13-11/h3-7,14H,1-2H3,(H2,12,16,17). The molecule has 0 saturated carbocycles. The molecule has 0 fully saturated rings. The summed E-state index contributed by atoms with van der Waals surface area (Å²) >= 11 is 0. The number of benzene rings is 1. The Bertz CT molecular complexity index is 885. The molecule has 1 aromatic heterocycles. The number of aromatic nitrogens is 2. The lowest BCUT2D eigenvalue weighted by molar-refractivity contribution is 0.595. The molecule has 0 bridgehead atoms. The number of sulfonamides is 2. The minimum absolute atomic E-state index is 0.0929. The molecule has 0 aliphatic rings. The third-order valence-corrected chi connectivity index (χ3v) is 5.02. The van der Waals surface area contributed by atoms with E-state index in [1.54, 1.807) is 14.0 Å². The van der Waals surface area contributed by atoms with Gasteiger partial charge in [0.2, 0.25) is 10.0 Å². The maximum atomic E-state index is 12.1. The number of hydrogen-bond acceptors (Lipinski definition) is 5. The summed E-state index contributed by atoms with van der Waals surface area (Å²) in [7, 11) is -6.18. The van der Waals surface area contributed by atoms with Gasteiger partial charge in [-0.2, -0.15) is 8.42 Å². The van der Waals surface area contributed by atoms with E-state index in [9.17, 15) is 16.8 Å². The molecule has 0 unspecified atom stereocenters. The number of primary sulfonamides is 1. The Morgan fingerprint density at radius 2 is 1.90 bits per heavy atom. The quantitative estimate of drug-likeness (QED) is 0.827. The van der Waals surface area contributed by atoms with Crippen molar-refractivity contribution >= 4 is 25.7 Å². The Balaban J connectivity index is 2.41. The highest BCUT2D eigenvalue weighted by atomic mass is 32.2. The van der Waals surface area contributed by atoms with Crippen LogP contribution in [-0.2, 0) is 27.1 Å². The van der Waals surface area contributed by atoms with E-state index in [1.807, 2.05) is 0 Å². The third-order valence-electron chi connectivity index (χ3n) is 2.70. The first-order valence-electron chi connectivity index (χ1n) is 5.74. The molecule has 0 aliphatic heterocycles. The number of nitrogens with two attached hydrogens (primary N) is 1. The van der Waals surface area contributed by atoms with Crippen LogP contribution in [0.25, 0.3) is 0 Å². The summed E-state index contributed by atoms with van der Waals surface area (Å²) in [6.45, 7) is 1.57. The monoisotopic (exact) mass is 330 g/mol. The zero-order chi connectivity index (χ0) is 15.8. The Hall–Kier alpha value is -1.91. The first-order valence-corrected chi connectivity index (χ1v) is 8.77. The van der Waals surface area contributed by atoms with Crippen molar-refractivity contribution in [3.8, 4) is 0 Å². The fourth-order valence-corrected chi connectivity index (χ4v) is 3.55. The summed E-state index contributed by atoms with van der Waals surface area (Å²) in [5.41, 5.74) is 0.522. The molecule has 2 aromatic rings. The summed E-state index contributed by atoms with van der Waals surface area (Å²) < 4.78 is 50.8. The molecule has 2 rings (SSSR count). The third kappa shape index (κ3) is 3.40. The van der Waals surface area contributed by atoms with Gasteiger partial charge in [-0.15, -0.1) is 0 Å². The highest BCUT2D eigenvalue weighted by Gasteiger charge is 2.19. The average Bonchev–Trinajstić information content (AvgIpc) is 2.77. The van der Waals surface area contributed by atoms with Gasteiger partial charge in [0, 0.05) is 13.2 Å². The van der Waals surface area contributed by atoms with Gasteiger partial charge in [0.25, 0.3) is 10.0 Å². The van der Waals surface area contributed by atoms with E-state index in [2.05, 4.69) is 9.71 Å². The first kappa shape index (κ1) is 15.5. The van der Waals surface area contributed by atoms with Crippen molar-refractivity contribution in [2.24, 2.45) is 12.2 Å². The number of anilines is 1. The van der Waals surface area contributed by atoms with Crippen molar-refractivity contribution in [3.05, 3.63) is 36.3 Å². The molecule has 0 amide bonds. The highest BCUT2D eigenvalue weighted by Crippen LogP contribution is 2.21. The number of hydrogen-bond donors (Lipinski definition) is 2. The van der Waals surface area contributed by atoms with Gasteiger partial charge in [-0.25, -0.2) is 18.5 Å². The van der Waals surface area contributed by atoms with Crippen molar-refractivity contribution in [1.29, 1.82) is 0 Å². The number of rotatable bonds is 4. The molecule has 21 heavy (non-hydrogen) atoms. The van der Waals surface area contributed by atoms with E-state index in [4.69, 9.17) is 5.14 Å². The highest BCUT2D eigenvalue weighted by molar-refractivity contribution is 7.92. The van der Waals surface area contributed by atoms with Crippen LogP contribution in [0.2, 0.25) is 0 Å². The first-order chi connectivity index (χ1) is 9.59. The van der Waals surface area contributed by atoms with Gasteiger partial charge in [0.15, 0.2) is 5.03 Å².